The molecule has 8 nitrogen and oxygen atoms in total. The first-order chi connectivity index (χ1) is 21.6. The third-order valence-corrected chi connectivity index (χ3v) is 10.2. The van der Waals surface area contributed by atoms with E-state index >= 15 is 0 Å². The van der Waals surface area contributed by atoms with Crippen molar-refractivity contribution in [1.82, 2.24) is 19.9 Å². The number of aryl methyl sites for hydroxylation is 2. The first-order valence-electron chi connectivity index (χ1n) is 16.9. The minimum absolute atomic E-state index is 0.259. The van der Waals surface area contributed by atoms with Crippen molar-refractivity contribution >= 4 is 11.9 Å². The van der Waals surface area contributed by atoms with Gasteiger partial charge in [-0.2, -0.15) is 0 Å². The number of hydrogen-bond acceptors (Lipinski definition) is 7. The van der Waals surface area contributed by atoms with Crippen LogP contribution < -0.4 is 9.64 Å². The maximum atomic E-state index is 11.2. The molecular formula is C37H49N5O3. The SMILES string of the molecule is Cc1cc(C)cc(-c2cc(CN3CCC(CC(=O)O)CC3)cc(Oc3cnc(N4CCC5CCCC(C)(C)CC5C4)nc3)n2)c1. The number of carboxylic acid groups (broad SMARTS) is 1. The average Bonchev–Trinajstić information content (AvgIpc) is 3.14. The van der Waals surface area contributed by atoms with E-state index in [1.807, 2.05) is 6.07 Å². The minimum atomic E-state index is -0.701. The van der Waals surface area contributed by atoms with Crippen LogP contribution in [0.2, 0.25) is 0 Å². The summed E-state index contributed by atoms with van der Waals surface area (Å²) in [7, 11) is 0. The van der Waals surface area contributed by atoms with E-state index in [0.717, 1.165) is 74.3 Å². The maximum absolute atomic E-state index is 11.2. The Hall–Kier alpha value is -3.52. The monoisotopic (exact) mass is 611 g/mol. The lowest BCUT2D eigenvalue weighted by atomic mass is 9.76. The van der Waals surface area contributed by atoms with E-state index in [4.69, 9.17) is 19.7 Å². The van der Waals surface area contributed by atoms with Gasteiger partial charge in [-0.25, -0.2) is 15.0 Å². The smallest absolute Gasteiger partial charge is 0.303 e. The highest BCUT2D eigenvalue weighted by Crippen LogP contribution is 2.43. The molecule has 45 heavy (non-hydrogen) atoms. The number of pyridine rings is 1. The topological polar surface area (TPSA) is 91.7 Å². The van der Waals surface area contributed by atoms with Gasteiger partial charge in [0.25, 0.3) is 0 Å². The molecule has 2 aliphatic heterocycles. The van der Waals surface area contributed by atoms with Crippen LogP contribution >= 0.6 is 0 Å². The Balaban J connectivity index is 1.18. The number of carbonyl (C=O) groups is 1. The predicted molar refractivity (Wildman–Crippen MR) is 178 cm³/mol. The van der Waals surface area contributed by atoms with Crippen LogP contribution in [0, 0.1) is 37.0 Å². The molecule has 1 aromatic carbocycles. The lowest BCUT2D eigenvalue weighted by Crippen LogP contribution is -2.42. The molecule has 4 heterocycles. The van der Waals surface area contributed by atoms with Crippen LogP contribution in [-0.2, 0) is 11.3 Å². The van der Waals surface area contributed by atoms with E-state index in [9.17, 15) is 9.90 Å². The fourth-order valence-electron chi connectivity index (χ4n) is 8.00. The Labute approximate surface area is 268 Å². The van der Waals surface area contributed by atoms with Crippen molar-refractivity contribution in [3.8, 4) is 22.9 Å². The second kappa shape index (κ2) is 13.5. The molecule has 3 aliphatic rings. The molecule has 0 spiro atoms. The standard InChI is InChI=1S/C37H49N5O3/c1-25-14-26(2)16-30(15-25)33-17-28(23-41-11-7-27(8-12-41)19-35(43)44)18-34(40-33)45-32-21-38-36(39-22-32)42-13-9-29-6-5-10-37(3,4)20-31(29)24-42/h14-18,21-22,27,29,31H,5-13,19-20,23-24H2,1-4H3,(H,43,44). The van der Waals surface area contributed by atoms with Gasteiger partial charge in [0.2, 0.25) is 11.8 Å². The van der Waals surface area contributed by atoms with Gasteiger partial charge in [0.15, 0.2) is 5.75 Å². The molecule has 3 aromatic rings. The average molecular weight is 612 g/mol. The first-order valence-corrected chi connectivity index (χ1v) is 16.9. The summed E-state index contributed by atoms with van der Waals surface area (Å²) in [6.07, 6.45) is 12.2. The normalized spacial score (nSPS) is 22.4. The molecule has 3 fully saturated rings. The molecule has 6 rings (SSSR count). The highest BCUT2D eigenvalue weighted by atomic mass is 16.5. The number of rotatable bonds is 8. The summed E-state index contributed by atoms with van der Waals surface area (Å²) in [5.41, 5.74) is 5.87. The molecular weight excluding hydrogens is 562 g/mol. The van der Waals surface area contributed by atoms with Crippen LogP contribution in [0.5, 0.6) is 11.6 Å². The molecule has 1 saturated carbocycles. The highest BCUT2D eigenvalue weighted by molar-refractivity contribution is 5.67. The van der Waals surface area contributed by atoms with Crippen molar-refractivity contribution < 1.29 is 14.6 Å². The van der Waals surface area contributed by atoms with Crippen molar-refractivity contribution in [3.05, 3.63) is 59.4 Å². The molecule has 2 atom stereocenters. The fraction of sp³-hybridized carbons (Fsp3) is 0.568. The van der Waals surface area contributed by atoms with Gasteiger partial charge in [0.1, 0.15) is 0 Å². The summed E-state index contributed by atoms with van der Waals surface area (Å²) < 4.78 is 6.33. The Morgan fingerprint density at radius 1 is 0.956 bits per heavy atom. The fourth-order valence-corrected chi connectivity index (χ4v) is 8.00. The molecule has 0 bridgehead atoms. The molecule has 0 amide bonds. The van der Waals surface area contributed by atoms with E-state index in [2.05, 4.69) is 61.8 Å². The third-order valence-electron chi connectivity index (χ3n) is 10.2. The molecule has 240 valence electrons. The Morgan fingerprint density at radius 2 is 1.69 bits per heavy atom. The van der Waals surface area contributed by atoms with E-state index in [-0.39, 0.29) is 12.3 Å². The molecule has 1 N–H and O–H groups in total. The largest absolute Gasteiger partial charge is 0.481 e. The number of anilines is 1. The number of likely N-dealkylation sites (tertiary alicyclic amines) is 1. The zero-order valence-corrected chi connectivity index (χ0v) is 27.5. The van der Waals surface area contributed by atoms with Gasteiger partial charge in [-0.1, -0.05) is 43.9 Å². The molecule has 1 aliphatic carbocycles. The van der Waals surface area contributed by atoms with Crippen molar-refractivity contribution in [3.63, 3.8) is 0 Å². The molecule has 8 heteroatoms. The maximum Gasteiger partial charge on any atom is 0.303 e. The van der Waals surface area contributed by atoms with Crippen molar-refractivity contribution in [2.24, 2.45) is 23.2 Å². The number of benzene rings is 1. The van der Waals surface area contributed by atoms with Crippen LogP contribution in [0.4, 0.5) is 5.95 Å². The van der Waals surface area contributed by atoms with Gasteiger partial charge in [0.05, 0.1) is 18.1 Å². The number of nitrogens with zero attached hydrogens (tertiary/aromatic N) is 5. The van der Waals surface area contributed by atoms with Gasteiger partial charge in [-0.3, -0.25) is 9.69 Å². The number of carboxylic acids is 1. The predicted octanol–water partition coefficient (Wildman–Crippen LogP) is 7.68. The van der Waals surface area contributed by atoms with Gasteiger partial charge in [0, 0.05) is 37.7 Å². The first kappa shape index (κ1) is 31.5. The van der Waals surface area contributed by atoms with Crippen LogP contribution in [0.15, 0.2) is 42.7 Å². The van der Waals surface area contributed by atoms with E-state index < -0.39 is 5.97 Å². The number of piperidine rings is 2. The van der Waals surface area contributed by atoms with Crippen LogP contribution in [0.25, 0.3) is 11.3 Å². The van der Waals surface area contributed by atoms with Crippen molar-refractivity contribution in [1.29, 1.82) is 0 Å². The van der Waals surface area contributed by atoms with Crippen molar-refractivity contribution in [2.75, 3.05) is 31.1 Å². The second-order valence-electron chi connectivity index (χ2n) is 14.7. The van der Waals surface area contributed by atoms with E-state index in [1.54, 1.807) is 12.4 Å². The van der Waals surface area contributed by atoms with E-state index in [1.165, 1.54) is 43.2 Å². The Morgan fingerprint density at radius 3 is 2.40 bits per heavy atom. The van der Waals surface area contributed by atoms with Gasteiger partial charge in [-0.05, 0) is 106 Å². The lowest BCUT2D eigenvalue weighted by Gasteiger charge is -2.39. The summed E-state index contributed by atoms with van der Waals surface area (Å²) in [5, 5.41) is 9.20. The quantitative estimate of drug-likeness (QED) is 0.277. The van der Waals surface area contributed by atoms with Crippen molar-refractivity contribution in [2.45, 2.75) is 85.6 Å². The van der Waals surface area contributed by atoms with E-state index in [0.29, 0.717) is 23.0 Å². The van der Waals surface area contributed by atoms with Crippen LogP contribution in [-0.4, -0.2) is 57.1 Å². The molecule has 2 aromatic heterocycles. The summed E-state index contributed by atoms with van der Waals surface area (Å²) in [6.45, 7) is 13.7. The van der Waals surface area contributed by atoms with Crippen LogP contribution in [0.1, 0.15) is 81.9 Å². The number of hydrogen-bond donors (Lipinski definition) is 1. The zero-order chi connectivity index (χ0) is 31.6. The summed E-state index contributed by atoms with van der Waals surface area (Å²) >= 11 is 0. The van der Waals surface area contributed by atoms with Crippen LogP contribution in [0.3, 0.4) is 0 Å². The number of fused-ring (bicyclic) bond motifs is 1. The highest BCUT2D eigenvalue weighted by Gasteiger charge is 2.36. The third kappa shape index (κ3) is 8.20. The molecule has 0 radical (unpaired) electrons. The second-order valence-corrected chi connectivity index (χ2v) is 14.7. The lowest BCUT2D eigenvalue weighted by molar-refractivity contribution is -0.138. The summed E-state index contributed by atoms with van der Waals surface area (Å²) in [4.78, 5) is 30.4. The number of aliphatic carboxylic acids is 1. The zero-order valence-electron chi connectivity index (χ0n) is 27.5. The summed E-state index contributed by atoms with van der Waals surface area (Å²) in [6, 6.07) is 10.7. The van der Waals surface area contributed by atoms with Gasteiger partial charge in [-0.15, -0.1) is 0 Å². The summed E-state index contributed by atoms with van der Waals surface area (Å²) in [5.74, 6) is 2.98. The Kier molecular flexibility index (Phi) is 9.41. The van der Waals surface area contributed by atoms with Gasteiger partial charge < -0.3 is 14.7 Å². The Bertz CT molecular complexity index is 1460. The molecule has 2 unspecified atom stereocenters. The van der Waals surface area contributed by atoms with Gasteiger partial charge >= 0.3 is 5.97 Å². The minimum Gasteiger partial charge on any atom is -0.481 e. The molecule has 2 saturated heterocycles. The number of aromatic nitrogens is 3. The number of ether oxygens (including phenoxy) is 1.